The number of carbonyl (C=O) groups is 2. The van der Waals surface area contributed by atoms with Crippen LogP contribution >= 0.6 is 0 Å². The van der Waals surface area contributed by atoms with Crippen molar-refractivity contribution in [1.29, 1.82) is 0 Å². The van der Waals surface area contributed by atoms with Crippen LogP contribution in [0.5, 0.6) is 0 Å². The van der Waals surface area contributed by atoms with Gasteiger partial charge in [0.15, 0.2) is 0 Å². The summed E-state index contributed by atoms with van der Waals surface area (Å²) in [6.45, 7) is 1.93. The molecule has 1 heterocycles. The first-order valence-electron chi connectivity index (χ1n) is 8.11. The van der Waals surface area contributed by atoms with Gasteiger partial charge in [0.05, 0.1) is 6.04 Å². The van der Waals surface area contributed by atoms with Crippen LogP contribution in [0.2, 0.25) is 0 Å². The van der Waals surface area contributed by atoms with Gasteiger partial charge in [-0.1, -0.05) is 12.1 Å². The van der Waals surface area contributed by atoms with E-state index in [1.165, 1.54) is 0 Å². The number of benzene rings is 2. The Bertz CT molecular complexity index is 846. The molecule has 1 aliphatic rings. The first-order chi connectivity index (χ1) is 11.9. The van der Waals surface area contributed by atoms with E-state index in [-0.39, 0.29) is 17.9 Å². The van der Waals surface area contributed by atoms with Crippen molar-refractivity contribution in [2.45, 2.75) is 30.7 Å². The Hall–Kier alpha value is -2.47. The van der Waals surface area contributed by atoms with Gasteiger partial charge in [-0.15, -0.1) is 0 Å². The van der Waals surface area contributed by atoms with Gasteiger partial charge < -0.3 is 10.6 Å². The molecule has 5 nitrogen and oxygen atoms in total. The van der Waals surface area contributed by atoms with E-state index in [0.29, 0.717) is 23.3 Å². The van der Waals surface area contributed by atoms with Gasteiger partial charge in [0, 0.05) is 39.6 Å². The predicted octanol–water partition coefficient (Wildman–Crippen LogP) is 2.80. The molecule has 0 aromatic heterocycles. The summed E-state index contributed by atoms with van der Waals surface area (Å²) in [5.41, 5.74) is 3.47. The van der Waals surface area contributed by atoms with Crippen LogP contribution in [0.1, 0.15) is 40.9 Å². The fourth-order valence-electron chi connectivity index (χ4n) is 2.83. The molecule has 6 heteroatoms. The number of hydrogen-bond acceptors (Lipinski definition) is 3. The molecule has 0 spiro atoms. The van der Waals surface area contributed by atoms with Gasteiger partial charge in [-0.25, -0.2) is 0 Å². The van der Waals surface area contributed by atoms with Crippen molar-refractivity contribution in [2.75, 3.05) is 11.6 Å². The van der Waals surface area contributed by atoms with Crippen molar-refractivity contribution in [3.63, 3.8) is 0 Å². The van der Waals surface area contributed by atoms with Crippen LogP contribution in [0.15, 0.2) is 47.4 Å². The zero-order valence-corrected chi connectivity index (χ0v) is 15.0. The zero-order valence-electron chi connectivity index (χ0n) is 14.2. The van der Waals surface area contributed by atoms with E-state index in [0.717, 1.165) is 16.8 Å². The van der Waals surface area contributed by atoms with E-state index in [9.17, 15) is 13.8 Å². The molecule has 2 N–H and O–H groups in total. The molecule has 0 saturated carbocycles. The molecule has 25 heavy (non-hydrogen) atoms. The van der Waals surface area contributed by atoms with Gasteiger partial charge in [0.2, 0.25) is 5.91 Å². The molecule has 0 saturated heterocycles. The number of rotatable bonds is 4. The minimum Gasteiger partial charge on any atom is -0.346 e. The SMILES string of the molecule is C[C@@H](NC(=O)c1ccc([S@](C)=O)cc1)c1ccc2c(c1)CCC(=O)N2. The van der Waals surface area contributed by atoms with Crippen LogP contribution in [-0.2, 0) is 22.0 Å². The number of fused-ring (bicyclic) bond motifs is 1. The highest BCUT2D eigenvalue weighted by molar-refractivity contribution is 7.84. The Balaban J connectivity index is 1.71. The molecule has 3 rings (SSSR count). The van der Waals surface area contributed by atoms with Gasteiger partial charge in [-0.2, -0.15) is 0 Å². The number of hydrogen-bond donors (Lipinski definition) is 2. The normalized spacial score (nSPS) is 15.7. The third kappa shape index (κ3) is 3.96. The summed E-state index contributed by atoms with van der Waals surface area (Å²) < 4.78 is 11.4. The first-order valence-corrected chi connectivity index (χ1v) is 9.67. The summed E-state index contributed by atoms with van der Waals surface area (Å²) in [5, 5.41) is 5.83. The smallest absolute Gasteiger partial charge is 0.251 e. The number of nitrogens with one attached hydrogen (secondary N) is 2. The first kappa shape index (κ1) is 17.4. The van der Waals surface area contributed by atoms with Crippen LogP contribution in [0, 0.1) is 0 Å². The zero-order chi connectivity index (χ0) is 18.0. The lowest BCUT2D eigenvalue weighted by Crippen LogP contribution is -2.27. The summed E-state index contributed by atoms with van der Waals surface area (Å²) in [6.07, 6.45) is 2.81. The van der Waals surface area contributed by atoms with Gasteiger partial charge in [0.1, 0.15) is 0 Å². The maximum atomic E-state index is 12.4. The Kier molecular flexibility index (Phi) is 4.99. The highest BCUT2D eigenvalue weighted by Crippen LogP contribution is 2.26. The van der Waals surface area contributed by atoms with Gasteiger partial charge >= 0.3 is 0 Å². The molecule has 2 amide bonds. The minimum atomic E-state index is -1.06. The lowest BCUT2D eigenvalue weighted by atomic mass is 9.97. The van der Waals surface area contributed by atoms with E-state index in [2.05, 4.69) is 10.6 Å². The third-order valence-corrected chi connectivity index (χ3v) is 5.26. The molecule has 0 bridgehead atoms. The topological polar surface area (TPSA) is 75.3 Å². The van der Waals surface area contributed by atoms with Crippen molar-refractivity contribution in [1.82, 2.24) is 5.32 Å². The standard InChI is InChI=1S/C19H20N2O3S/c1-12(14-5-9-17-15(11-14)6-10-18(22)21-17)20-19(23)13-3-7-16(8-4-13)25(2)24/h3-5,7-9,11-12H,6,10H2,1-2H3,(H,20,23)(H,21,22)/t12-,25+/m1/s1. The number of aryl methyl sites for hydroxylation is 1. The monoisotopic (exact) mass is 356 g/mol. The largest absolute Gasteiger partial charge is 0.346 e. The number of carbonyl (C=O) groups excluding carboxylic acids is 2. The summed E-state index contributed by atoms with van der Waals surface area (Å²) >= 11 is 0. The summed E-state index contributed by atoms with van der Waals surface area (Å²) in [7, 11) is -1.06. The van der Waals surface area contributed by atoms with Crippen LogP contribution in [-0.4, -0.2) is 22.3 Å². The molecule has 130 valence electrons. The Labute approximate surface area is 149 Å². The minimum absolute atomic E-state index is 0.0399. The van der Waals surface area contributed by atoms with Crippen LogP contribution in [0.4, 0.5) is 5.69 Å². The summed E-state index contributed by atoms with van der Waals surface area (Å²) in [6, 6.07) is 12.4. The molecule has 0 fully saturated rings. The maximum absolute atomic E-state index is 12.4. The van der Waals surface area contributed by atoms with Crippen molar-refractivity contribution in [3.8, 4) is 0 Å². The molecular formula is C19H20N2O3S. The second kappa shape index (κ2) is 7.19. The maximum Gasteiger partial charge on any atom is 0.251 e. The second-order valence-corrected chi connectivity index (χ2v) is 7.52. The Morgan fingerprint density at radius 1 is 1.16 bits per heavy atom. The molecule has 0 unspecified atom stereocenters. The van der Waals surface area contributed by atoms with E-state index in [1.807, 2.05) is 25.1 Å². The lowest BCUT2D eigenvalue weighted by Gasteiger charge is -2.20. The quantitative estimate of drug-likeness (QED) is 0.884. The van der Waals surface area contributed by atoms with E-state index in [4.69, 9.17) is 0 Å². The van der Waals surface area contributed by atoms with Gasteiger partial charge in [0.25, 0.3) is 5.91 Å². The second-order valence-electron chi connectivity index (χ2n) is 6.14. The molecule has 1 aliphatic heterocycles. The van der Waals surface area contributed by atoms with Crippen molar-refractivity contribution in [3.05, 3.63) is 59.2 Å². The van der Waals surface area contributed by atoms with E-state index >= 15 is 0 Å². The molecule has 0 aliphatic carbocycles. The Morgan fingerprint density at radius 3 is 2.56 bits per heavy atom. The molecule has 0 radical (unpaired) electrons. The van der Waals surface area contributed by atoms with E-state index < -0.39 is 10.8 Å². The number of amides is 2. The van der Waals surface area contributed by atoms with Gasteiger partial charge in [-0.05, 0) is 54.8 Å². The summed E-state index contributed by atoms with van der Waals surface area (Å²) in [5.74, 6) is -0.134. The fraction of sp³-hybridized carbons (Fsp3) is 0.263. The van der Waals surface area contributed by atoms with Crippen LogP contribution in [0.3, 0.4) is 0 Å². The van der Waals surface area contributed by atoms with Crippen LogP contribution in [0.25, 0.3) is 0 Å². The third-order valence-electron chi connectivity index (χ3n) is 4.32. The van der Waals surface area contributed by atoms with Crippen molar-refractivity contribution < 1.29 is 13.8 Å². The highest BCUT2D eigenvalue weighted by atomic mass is 32.2. The summed E-state index contributed by atoms with van der Waals surface area (Å²) in [4.78, 5) is 24.5. The van der Waals surface area contributed by atoms with Crippen LogP contribution < -0.4 is 10.6 Å². The fourth-order valence-corrected chi connectivity index (χ4v) is 3.35. The lowest BCUT2D eigenvalue weighted by molar-refractivity contribution is -0.116. The van der Waals surface area contributed by atoms with Crippen molar-refractivity contribution in [2.24, 2.45) is 0 Å². The molecule has 2 aromatic rings. The average Bonchev–Trinajstić information content (AvgIpc) is 2.61. The molecule has 2 aromatic carbocycles. The van der Waals surface area contributed by atoms with E-state index in [1.54, 1.807) is 30.5 Å². The van der Waals surface area contributed by atoms with Gasteiger partial charge in [-0.3, -0.25) is 13.8 Å². The average molecular weight is 356 g/mol. The Morgan fingerprint density at radius 2 is 1.88 bits per heavy atom. The number of anilines is 1. The molecular weight excluding hydrogens is 336 g/mol. The molecule has 2 atom stereocenters. The predicted molar refractivity (Wildman–Crippen MR) is 98.0 cm³/mol. The highest BCUT2D eigenvalue weighted by Gasteiger charge is 2.17. The van der Waals surface area contributed by atoms with Crippen molar-refractivity contribution >= 4 is 28.3 Å².